The van der Waals surface area contributed by atoms with Crippen molar-refractivity contribution in [3.63, 3.8) is 0 Å². The van der Waals surface area contributed by atoms with Gasteiger partial charge in [-0.25, -0.2) is 9.68 Å². The number of nitrogens with zero attached hydrogens (tertiary/aromatic N) is 2. The van der Waals surface area contributed by atoms with E-state index < -0.39 is 29.5 Å². The van der Waals surface area contributed by atoms with Crippen molar-refractivity contribution in [2.45, 2.75) is 25.4 Å². The number of hydrogen-bond donors (Lipinski definition) is 5. The summed E-state index contributed by atoms with van der Waals surface area (Å²) in [4.78, 5) is 18.7. The predicted molar refractivity (Wildman–Crippen MR) is 43.1 cm³/mol. The zero-order chi connectivity index (χ0) is 12.6. The van der Waals surface area contributed by atoms with Crippen LogP contribution in [0.3, 0.4) is 0 Å². The Bertz CT molecular complexity index is 199. The largest absolute Gasteiger partial charge is 0.481 e. The number of carbonyl (C=O) groups is 1. The summed E-state index contributed by atoms with van der Waals surface area (Å²) in [5, 5.41) is 40.4. The van der Waals surface area contributed by atoms with Crippen LogP contribution in [0.1, 0.15) is 19.3 Å². The fourth-order valence-electron chi connectivity index (χ4n) is 0.931. The molecule has 0 heterocycles. The molecule has 0 aliphatic rings. The lowest BCUT2D eigenvalue weighted by molar-refractivity contribution is -0.527. The second kappa shape index (κ2) is 8.32. The molecule has 0 radical (unpaired) electrons. The van der Waals surface area contributed by atoms with Crippen LogP contribution in [0.5, 0.6) is 0 Å². The highest BCUT2D eigenvalue weighted by molar-refractivity contribution is 5.66. The van der Waals surface area contributed by atoms with Gasteiger partial charge in [-0.05, 0) is 12.8 Å². The van der Waals surface area contributed by atoms with Gasteiger partial charge in [0.2, 0.25) is 0 Å². The minimum absolute atomic E-state index is 0.123. The molecule has 1 atom stereocenters. The van der Waals surface area contributed by atoms with Gasteiger partial charge in [-0.15, -0.1) is 0 Å². The van der Waals surface area contributed by atoms with Crippen LogP contribution in [0.4, 0.5) is 0 Å². The maximum absolute atomic E-state index is 10.2. The first-order valence-corrected chi connectivity index (χ1v) is 4.29. The molecule has 0 aliphatic heterocycles. The molecular formula is C6H14N2O8. The summed E-state index contributed by atoms with van der Waals surface area (Å²) in [7, 11) is 0. The van der Waals surface area contributed by atoms with Crippen molar-refractivity contribution in [2.75, 3.05) is 6.61 Å². The van der Waals surface area contributed by atoms with E-state index in [1.54, 1.807) is 0 Å². The maximum atomic E-state index is 10.2. The fourth-order valence-corrected chi connectivity index (χ4v) is 0.931. The Balaban J connectivity index is 3.85. The van der Waals surface area contributed by atoms with Crippen molar-refractivity contribution < 1.29 is 40.4 Å². The Morgan fingerprint density at radius 3 is 2.25 bits per heavy atom. The normalized spacial score (nSPS) is 13.4. The molecule has 0 spiro atoms. The van der Waals surface area contributed by atoms with Gasteiger partial charge in [0.05, 0.1) is 10.8 Å². The third kappa shape index (κ3) is 9.70. The fraction of sp³-hybridized carbons (Fsp3) is 0.833. The van der Waals surface area contributed by atoms with E-state index in [9.17, 15) is 4.79 Å². The lowest BCUT2D eigenvalue weighted by Crippen LogP contribution is -2.31. The Kier molecular flexibility index (Phi) is 7.88. The SMILES string of the molecule is O=C(O)CCCC(CON(O)O)ON(O)O. The summed E-state index contributed by atoms with van der Waals surface area (Å²) in [6, 6.07) is 0. The summed E-state index contributed by atoms with van der Waals surface area (Å²) >= 11 is 0. The molecule has 0 fully saturated rings. The van der Waals surface area contributed by atoms with Gasteiger partial charge in [-0.2, -0.15) is 0 Å². The van der Waals surface area contributed by atoms with Crippen molar-refractivity contribution in [1.29, 1.82) is 0 Å². The molecule has 10 heteroatoms. The van der Waals surface area contributed by atoms with E-state index in [0.29, 0.717) is 0 Å². The lowest BCUT2D eigenvalue weighted by Gasteiger charge is -2.18. The number of carboxylic acids is 1. The molecule has 1 unspecified atom stereocenters. The highest BCUT2D eigenvalue weighted by Gasteiger charge is 2.15. The minimum atomic E-state index is -1.00. The van der Waals surface area contributed by atoms with Crippen molar-refractivity contribution >= 4 is 5.97 Å². The molecule has 96 valence electrons. The van der Waals surface area contributed by atoms with Crippen molar-refractivity contribution in [2.24, 2.45) is 0 Å². The maximum Gasteiger partial charge on any atom is 0.303 e. The summed E-state index contributed by atoms with van der Waals surface area (Å²) in [6.07, 6.45) is -0.735. The number of carboxylic acid groups (broad SMARTS) is 1. The average Bonchev–Trinajstić information content (AvgIpc) is 2.12. The van der Waals surface area contributed by atoms with E-state index in [1.807, 2.05) is 0 Å². The Morgan fingerprint density at radius 2 is 1.81 bits per heavy atom. The molecule has 0 saturated carbocycles. The van der Waals surface area contributed by atoms with Crippen LogP contribution < -0.4 is 0 Å². The molecule has 0 bridgehead atoms. The van der Waals surface area contributed by atoms with Crippen LogP contribution in [-0.2, 0) is 14.5 Å². The topological polar surface area (TPSA) is 143 Å². The van der Waals surface area contributed by atoms with Crippen molar-refractivity contribution in [3.8, 4) is 0 Å². The van der Waals surface area contributed by atoms with Gasteiger partial charge < -0.3 is 5.11 Å². The van der Waals surface area contributed by atoms with Crippen LogP contribution in [-0.4, -0.2) is 55.4 Å². The quantitative estimate of drug-likeness (QED) is 0.340. The molecule has 0 saturated heterocycles. The first-order chi connectivity index (χ1) is 7.41. The Labute approximate surface area is 90.2 Å². The second-order valence-electron chi connectivity index (χ2n) is 2.81. The number of hydrogen-bond acceptors (Lipinski definition) is 9. The molecule has 0 aromatic carbocycles. The molecule has 16 heavy (non-hydrogen) atoms. The number of aliphatic carboxylic acids is 1. The summed E-state index contributed by atoms with van der Waals surface area (Å²) in [5.41, 5.74) is 0. The van der Waals surface area contributed by atoms with E-state index in [4.69, 9.17) is 25.9 Å². The summed E-state index contributed by atoms with van der Waals surface area (Å²) in [6.45, 7) is -0.399. The Morgan fingerprint density at radius 1 is 1.19 bits per heavy atom. The van der Waals surface area contributed by atoms with Gasteiger partial charge in [0.15, 0.2) is 0 Å². The minimum Gasteiger partial charge on any atom is -0.481 e. The molecular weight excluding hydrogens is 228 g/mol. The van der Waals surface area contributed by atoms with Crippen molar-refractivity contribution in [1.82, 2.24) is 10.8 Å². The second-order valence-corrected chi connectivity index (χ2v) is 2.81. The highest BCUT2D eigenvalue weighted by Crippen LogP contribution is 2.07. The van der Waals surface area contributed by atoms with Gasteiger partial charge in [0, 0.05) is 6.42 Å². The smallest absolute Gasteiger partial charge is 0.303 e. The van der Waals surface area contributed by atoms with Crippen LogP contribution in [0.15, 0.2) is 0 Å². The predicted octanol–water partition coefficient (Wildman–Crippen LogP) is -0.366. The molecule has 5 N–H and O–H groups in total. The molecule has 0 rings (SSSR count). The molecule has 10 nitrogen and oxygen atoms in total. The van der Waals surface area contributed by atoms with Gasteiger partial charge in [0.1, 0.15) is 12.7 Å². The molecule has 0 aromatic rings. The monoisotopic (exact) mass is 242 g/mol. The number of rotatable bonds is 9. The van der Waals surface area contributed by atoms with Crippen molar-refractivity contribution in [3.05, 3.63) is 0 Å². The average molecular weight is 242 g/mol. The third-order valence-corrected chi connectivity index (χ3v) is 1.54. The van der Waals surface area contributed by atoms with E-state index in [2.05, 4.69) is 9.68 Å². The third-order valence-electron chi connectivity index (χ3n) is 1.54. The lowest BCUT2D eigenvalue weighted by atomic mass is 10.1. The molecule has 0 aromatic heterocycles. The van der Waals surface area contributed by atoms with Crippen LogP contribution in [0, 0.1) is 0 Å². The first-order valence-electron chi connectivity index (χ1n) is 4.29. The van der Waals surface area contributed by atoms with Gasteiger partial charge in [-0.1, -0.05) is 0 Å². The first kappa shape index (κ1) is 15.2. The Hall–Kier alpha value is -0.850. The van der Waals surface area contributed by atoms with E-state index in [0.717, 1.165) is 0 Å². The van der Waals surface area contributed by atoms with E-state index in [1.165, 1.54) is 0 Å². The highest BCUT2D eigenvalue weighted by atomic mass is 17.1. The summed E-state index contributed by atoms with van der Waals surface area (Å²) < 4.78 is 0. The molecule has 0 amide bonds. The van der Waals surface area contributed by atoms with Gasteiger partial charge >= 0.3 is 5.97 Å². The van der Waals surface area contributed by atoms with Gasteiger partial charge in [-0.3, -0.25) is 25.6 Å². The van der Waals surface area contributed by atoms with E-state index >= 15 is 0 Å². The standard InChI is InChI=1S/C6H14N2O8/c9-6(10)3-1-2-5(16-8(13)14)4-15-7(11)12/h5,11-14H,1-4H2,(H,9,10). The van der Waals surface area contributed by atoms with Gasteiger partial charge in [0.25, 0.3) is 0 Å². The zero-order valence-electron chi connectivity index (χ0n) is 8.26. The van der Waals surface area contributed by atoms with E-state index in [-0.39, 0.29) is 19.3 Å². The van der Waals surface area contributed by atoms with Crippen LogP contribution in [0.25, 0.3) is 0 Å². The summed E-state index contributed by atoms with van der Waals surface area (Å²) in [5.74, 6) is -1.00. The molecule has 0 aliphatic carbocycles. The van der Waals surface area contributed by atoms with Crippen LogP contribution >= 0.6 is 0 Å². The van der Waals surface area contributed by atoms with Crippen LogP contribution in [0.2, 0.25) is 0 Å². The zero-order valence-corrected chi connectivity index (χ0v) is 8.26.